The molecule has 1 N–H and O–H groups in total. The molecule has 0 saturated carbocycles. The highest BCUT2D eigenvalue weighted by Gasteiger charge is 2.49. The summed E-state index contributed by atoms with van der Waals surface area (Å²) in [6, 6.07) is 17.1. The maximum absolute atomic E-state index is 15.2. The number of carbonyl (C=O) groups excluding carboxylic acids is 2. The molecule has 0 spiro atoms. The molecule has 7 nitrogen and oxygen atoms in total. The molecule has 2 aliphatic heterocycles. The molecule has 1 aromatic heterocycles. The van der Waals surface area contributed by atoms with Gasteiger partial charge in [-0.15, -0.1) is 10.2 Å². The number of benzene rings is 3. The van der Waals surface area contributed by atoms with Gasteiger partial charge in [0.15, 0.2) is 4.34 Å². The summed E-state index contributed by atoms with van der Waals surface area (Å²) in [5, 5.41) is 20.5. The van der Waals surface area contributed by atoms with Crippen LogP contribution < -0.4 is 9.64 Å². The Kier molecular flexibility index (Phi) is 7.07. The van der Waals surface area contributed by atoms with Crippen molar-refractivity contribution in [3.63, 3.8) is 0 Å². The molecule has 0 bridgehead atoms. The highest BCUT2D eigenvalue weighted by molar-refractivity contribution is 8.00. The number of aliphatic hydroxyl groups is 1. The van der Waals surface area contributed by atoms with Gasteiger partial charge in [0.05, 0.1) is 5.57 Å². The molecule has 2 atom stereocenters. The summed E-state index contributed by atoms with van der Waals surface area (Å²) >= 11 is 8.48. The molecule has 0 unspecified atom stereocenters. The van der Waals surface area contributed by atoms with Crippen molar-refractivity contribution in [3.05, 3.63) is 105 Å². The van der Waals surface area contributed by atoms with Crippen molar-refractivity contribution in [2.75, 3.05) is 4.90 Å². The van der Waals surface area contributed by atoms with E-state index < -0.39 is 29.3 Å². The van der Waals surface area contributed by atoms with Gasteiger partial charge in [-0.2, -0.15) is 0 Å². The summed E-state index contributed by atoms with van der Waals surface area (Å²) in [6.07, 6.45) is 0.628. The van der Waals surface area contributed by atoms with E-state index in [1.54, 1.807) is 36.4 Å². The van der Waals surface area contributed by atoms with Gasteiger partial charge in [-0.1, -0.05) is 65.0 Å². The zero-order chi connectivity index (χ0) is 28.0. The molecule has 2 aliphatic rings. The Hall–Kier alpha value is -3.73. The predicted molar refractivity (Wildman–Crippen MR) is 152 cm³/mol. The number of rotatable bonds is 6. The quantitative estimate of drug-likeness (QED) is 0.0888. The fourth-order valence-electron chi connectivity index (χ4n) is 4.83. The third kappa shape index (κ3) is 4.87. The molecule has 0 aliphatic carbocycles. The Labute approximate surface area is 242 Å². The molecular formula is C29H21ClFN3O4S2. The molecule has 3 heterocycles. The van der Waals surface area contributed by atoms with Gasteiger partial charge in [0, 0.05) is 28.3 Å². The van der Waals surface area contributed by atoms with Crippen molar-refractivity contribution in [1.29, 1.82) is 0 Å². The van der Waals surface area contributed by atoms with E-state index in [1.165, 1.54) is 30.0 Å². The van der Waals surface area contributed by atoms with Crippen LogP contribution in [0.5, 0.6) is 5.75 Å². The summed E-state index contributed by atoms with van der Waals surface area (Å²) in [7, 11) is 0. The van der Waals surface area contributed by atoms with Crippen molar-refractivity contribution >= 4 is 57.3 Å². The van der Waals surface area contributed by atoms with Crippen LogP contribution in [0.1, 0.15) is 35.2 Å². The van der Waals surface area contributed by atoms with Crippen LogP contribution in [-0.4, -0.2) is 33.1 Å². The Bertz CT molecular complexity index is 1670. The number of aliphatic hydroxyl groups excluding tert-OH is 1. The van der Waals surface area contributed by atoms with Crippen LogP contribution in [0.4, 0.5) is 9.52 Å². The smallest absolute Gasteiger partial charge is 0.301 e. The zero-order valence-corrected chi connectivity index (χ0v) is 23.4. The predicted octanol–water partition coefficient (Wildman–Crippen LogP) is 6.57. The van der Waals surface area contributed by atoms with Gasteiger partial charge in [0.25, 0.3) is 5.78 Å². The summed E-state index contributed by atoms with van der Waals surface area (Å²) in [4.78, 5) is 27.9. The van der Waals surface area contributed by atoms with E-state index in [2.05, 4.69) is 10.2 Å². The number of thioether (sulfide) groups is 1. The van der Waals surface area contributed by atoms with Crippen LogP contribution in [0.2, 0.25) is 5.02 Å². The van der Waals surface area contributed by atoms with Gasteiger partial charge in [-0.05, 0) is 54.4 Å². The first-order valence-electron chi connectivity index (χ1n) is 12.4. The maximum Gasteiger partial charge on any atom is 0.301 e. The zero-order valence-electron chi connectivity index (χ0n) is 21.0. The SMILES string of the molecule is C[C@H]1Cc2cc(C(O)=C3C(=O)C(=O)N(c4nnc(SCc5ccc(Cl)cc5)s4)[C@@H]3c3ccccc3F)ccc2O1. The first-order chi connectivity index (χ1) is 19.3. The molecule has 202 valence electrons. The summed E-state index contributed by atoms with van der Waals surface area (Å²) in [5.41, 5.74) is 2.08. The number of ether oxygens (including phenoxy) is 1. The van der Waals surface area contributed by atoms with Crippen LogP contribution in [0, 0.1) is 5.82 Å². The Morgan fingerprint density at radius 3 is 2.70 bits per heavy atom. The second-order valence-electron chi connectivity index (χ2n) is 9.41. The lowest BCUT2D eigenvalue weighted by molar-refractivity contribution is -0.132. The van der Waals surface area contributed by atoms with E-state index in [0.717, 1.165) is 27.4 Å². The molecular weight excluding hydrogens is 573 g/mol. The standard InChI is InChI=1S/C29H21ClFN3O4S2/c1-15-12-18-13-17(8-11-22(18)38-15)25(35)23-24(20-4-2-3-5-21(20)31)34(27(37)26(23)36)28-32-33-29(40-28)39-14-16-6-9-19(30)10-7-16/h2-11,13,15,24,35H,12,14H2,1H3/t15-,24+/m0/s1. The molecule has 40 heavy (non-hydrogen) atoms. The fraction of sp³-hybridized carbons (Fsp3) is 0.172. The number of hydrogen-bond acceptors (Lipinski definition) is 8. The molecule has 6 rings (SSSR count). The molecule has 3 aromatic carbocycles. The lowest BCUT2D eigenvalue weighted by Gasteiger charge is -2.22. The van der Waals surface area contributed by atoms with Crippen LogP contribution in [-0.2, 0) is 21.8 Å². The highest BCUT2D eigenvalue weighted by atomic mass is 35.5. The number of ketones is 1. The second kappa shape index (κ2) is 10.7. The number of nitrogens with zero attached hydrogens (tertiary/aromatic N) is 3. The van der Waals surface area contributed by atoms with Crippen LogP contribution in [0.15, 0.2) is 76.6 Å². The lowest BCUT2D eigenvalue weighted by Crippen LogP contribution is -2.29. The largest absolute Gasteiger partial charge is 0.507 e. The van der Waals surface area contributed by atoms with Gasteiger partial charge >= 0.3 is 5.91 Å². The normalized spacial score (nSPS) is 19.6. The topological polar surface area (TPSA) is 92.6 Å². The Morgan fingerprint density at radius 2 is 1.93 bits per heavy atom. The molecule has 11 heteroatoms. The van der Waals surface area contributed by atoms with Crippen molar-refractivity contribution < 1.29 is 23.8 Å². The summed E-state index contributed by atoms with van der Waals surface area (Å²) in [6.45, 7) is 1.94. The van der Waals surface area contributed by atoms with Gasteiger partial charge in [-0.3, -0.25) is 14.5 Å². The highest BCUT2D eigenvalue weighted by Crippen LogP contribution is 2.45. The van der Waals surface area contributed by atoms with E-state index >= 15 is 4.39 Å². The van der Waals surface area contributed by atoms with Crippen molar-refractivity contribution in [1.82, 2.24) is 10.2 Å². The number of halogens is 2. The lowest BCUT2D eigenvalue weighted by atomic mass is 9.94. The van der Waals surface area contributed by atoms with Gasteiger partial charge in [0.2, 0.25) is 5.13 Å². The van der Waals surface area contributed by atoms with Crippen molar-refractivity contribution in [2.24, 2.45) is 0 Å². The number of amides is 1. The summed E-state index contributed by atoms with van der Waals surface area (Å²) < 4.78 is 21.5. The number of Topliss-reactive ketones (excluding diaryl/α,β-unsaturated/α-hetero) is 1. The number of hydrogen-bond donors (Lipinski definition) is 1. The number of carbonyl (C=O) groups is 2. The molecule has 0 radical (unpaired) electrons. The third-order valence-electron chi connectivity index (χ3n) is 6.69. The number of aromatic nitrogens is 2. The minimum Gasteiger partial charge on any atom is -0.507 e. The maximum atomic E-state index is 15.2. The number of fused-ring (bicyclic) bond motifs is 1. The first kappa shape index (κ1) is 26.5. The van der Waals surface area contributed by atoms with Crippen LogP contribution in [0.3, 0.4) is 0 Å². The second-order valence-corrected chi connectivity index (χ2v) is 12.0. The Balaban J connectivity index is 1.39. The van der Waals surface area contributed by atoms with Crippen LogP contribution >= 0.6 is 34.7 Å². The van der Waals surface area contributed by atoms with Gasteiger partial charge in [-0.25, -0.2) is 4.39 Å². The monoisotopic (exact) mass is 593 g/mol. The van der Waals surface area contributed by atoms with Crippen molar-refractivity contribution in [2.45, 2.75) is 35.6 Å². The van der Waals surface area contributed by atoms with Gasteiger partial charge < -0.3 is 9.84 Å². The van der Waals surface area contributed by atoms with E-state index in [4.69, 9.17) is 16.3 Å². The van der Waals surface area contributed by atoms with E-state index in [-0.39, 0.29) is 22.4 Å². The molecule has 1 fully saturated rings. The molecule has 4 aromatic rings. The van der Waals surface area contributed by atoms with E-state index in [9.17, 15) is 14.7 Å². The molecule has 1 amide bonds. The fourth-order valence-corrected chi connectivity index (χ4v) is 6.78. The Morgan fingerprint density at radius 1 is 1.15 bits per heavy atom. The average molecular weight is 594 g/mol. The minimum atomic E-state index is -1.23. The third-order valence-corrected chi connectivity index (χ3v) is 9.07. The number of anilines is 1. The van der Waals surface area contributed by atoms with E-state index in [1.807, 2.05) is 19.1 Å². The van der Waals surface area contributed by atoms with Gasteiger partial charge in [0.1, 0.15) is 29.5 Å². The minimum absolute atomic E-state index is 0.0134. The molecule has 1 saturated heterocycles. The summed E-state index contributed by atoms with van der Waals surface area (Å²) in [5.74, 6) is -1.57. The van der Waals surface area contributed by atoms with Crippen LogP contribution in [0.25, 0.3) is 5.76 Å². The first-order valence-corrected chi connectivity index (χ1v) is 14.5. The van der Waals surface area contributed by atoms with Crippen molar-refractivity contribution in [3.8, 4) is 5.75 Å². The average Bonchev–Trinajstić information content (AvgIpc) is 3.63. The van der Waals surface area contributed by atoms with E-state index in [0.29, 0.717) is 32.8 Å².